The molecule has 0 atom stereocenters. The van der Waals surface area contributed by atoms with Crippen molar-refractivity contribution < 1.29 is 18.0 Å². The molecule has 0 spiro atoms. The lowest BCUT2D eigenvalue weighted by molar-refractivity contribution is -0.113. The zero-order valence-corrected chi connectivity index (χ0v) is 13.4. The molecule has 0 aliphatic rings. The monoisotopic (exact) mass is 377 g/mol. The van der Waals surface area contributed by atoms with Crippen LogP contribution in [0.15, 0.2) is 10.4 Å². The Kier molecular flexibility index (Phi) is 4.37. The molecule has 0 unspecified atom stereocenters. The zero-order valence-electron chi connectivity index (χ0n) is 11.0. The van der Waals surface area contributed by atoms with E-state index in [2.05, 4.69) is 20.5 Å². The van der Waals surface area contributed by atoms with Crippen LogP contribution in [-0.2, 0) is 4.79 Å². The van der Waals surface area contributed by atoms with E-state index in [0.29, 0.717) is 9.47 Å². The second kappa shape index (κ2) is 6.29. The third-order valence-corrected chi connectivity index (χ3v) is 5.32. The number of carbonyl (C=O) groups is 1. The molecule has 0 aliphatic heterocycles. The molecule has 0 aliphatic carbocycles. The summed E-state index contributed by atoms with van der Waals surface area (Å²) in [5.74, 6) is -4.69. The van der Waals surface area contributed by atoms with Crippen molar-refractivity contribution in [3.05, 3.63) is 23.5 Å². The summed E-state index contributed by atoms with van der Waals surface area (Å²) in [5, 5.41) is 10.1. The lowest BCUT2D eigenvalue weighted by Gasteiger charge is -1.98. The van der Waals surface area contributed by atoms with Crippen molar-refractivity contribution in [2.45, 2.75) is 4.34 Å². The smallest absolute Gasteiger partial charge is 0.236 e. The summed E-state index contributed by atoms with van der Waals surface area (Å²) in [6.07, 6.45) is 0. The van der Waals surface area contributed by atoms with Crippen molar-refractivity contribution in [2.24, 2.45) is 0 Å². The number of nitrogens with one attached hydrogen (secondary N) is 1. The Morgan fingerprint density at radius 1 is 1.26 bits per heavy atom. The third-order valence-electron chi connectivity index (χ3n) is 2.52. The van der Waals surface area contributed by atoms with Crippen LogP contribution in [0.3, 0.4) is 0 Å². The van der Waals surface area contributed by atoms with Gasteiger partial charge in [0.05, 0.1) is 10.5 Å². The molecule has 12 heteroatoms. The van der Waals surface area contributed by atoms with E-state index in [4.69, 9.17) is 5.73 Å². The number of halogens is 3. The van der Waals surface area contributed by atoms with Gasteiger partial charge >= 0.3 is 0 Å². The van der Waals surface area contributed by atoms with Crippen LogP contribution >= 0.6 is 34.4 Å². The summed E-state index contributed by atoms with van der Waals surface area (Å²) >= 11 is 3.10. The third kappa shape index (κ3) is 3.38. The summed E-state index contributed by atoms with van der Waals surface area (Å²) in [4.78, 5) is 15.6. The lowest BCUT2D eigenvalue weighted by atomic mass is 10.3. The minimum Gasteiger partial charge on any atom is -0.374 e. The van der Waals surface area contributed by atoms with E-state index in [1.165, 1.54) is 0 Å². The van der Waals surface area contributed by atoms with E-state index in [1.54, 1.807) is 0 Å². The van der Waals surface area contributed by atoms with Gasteiger partial charge in [0.2, 0.25) is 11.0 Å². The Morgan fingerprint density at radius 3 is 2.74 bits per heavy atom. The van der Waals surface area contributed by atoms with E-state index in [0.717, 1.165) is 40.5 Å². The molecule has 3 N–H and O–H groups in total. The maximum atomic E-state index is 13.6. The van der Waals surface area contributed by atoms with Gasteiger partial charge in [-0.05, 0) is 6.07 Å². The standard InChI is InChI=1S/C11H6F3N5OS3/c12-3-1-4-8(7(14)6(3)13)17-10(22-4)16-5(20)2-21-11-19-18-9(15)23-11/h1H,2H2,(H2,15,18)(H,16,17,20). The average molecular weight is 377 g/mol. The molecular weight excluding hydrogens is 371 g/mol. The Morgan fingerprint density at radius 2 is 2.04 bits per heavy atom. The predicted octanol–water partition coefficient (Wildman–Crippen LogP) is 2.88. The van der Waals surface area contributed by atoms with Gasteiger partial charge in [-0.2, -0.15) is 0 Å². The van der Waals surface area contributed by atoms with Crippen LogP contribution in [0.25, 0.3) is 10.2 Å². The molecule has 0 saturated heterocycles. The molecule has 3 rings (SSSR count). The quantitative estimate of drug-likeness (QED) is 0.536. The van der Waals surface area contributed by atoms with Crippen LogP contribution in [-0.4, -0.2) is 26.8 Å². The van der Waals surface area contributed by atoms with E-state index in [1.807, 2.05) is 0 Å². The minimum absolute atomic E-state index is 0.00969. The molecule has 23 heavy (non-hydrogen) atoms. The summed E-state index contributed by atoms with van der Waals surface area (Å²) in [7, 11) is 0. The first-order chi connectivity index (χ1) is 10.9. The molecular formula is C11H6F3N5OS3. The molecule has 0 saturated carbocycles. The van der Waals surface area contributed by atoms with Crippen molar-refractivity contribution >= 4 is 60.8 Å². The van der Waals surface area contributed by atoms with Crippen molar-refractivity contribution in [2.75, 3.05) is 16.8 Å². The summed E-state index contributed by atoms with van der Waals surface area (Å²) in [6, 6.07) is 0.833. The van der Waals surface area contributed by atoms with Gasteiger partial charge in [-0.1, -0.05) is 34.4 Å². The van der Waals surface area contributed by atoms with Gasteiger partial charge in [0, 0.05) is 0 Å². The number of hydrogen-bond donors (Lipinski definition) is 2. The first-order valence-electron chi connectivity index (χ1n) is 5.89. The van der Waals surface area contributed by atoms with Gasteiger partial charge in [-0.15, -0.1) is 10.2 Å². The Labute approximate surface area is 138 Å². The zero-order chi connectivity index (χ0) is 16.6. The van der Waals surface area contributed by atoms with Crippen molar-refractivity contribution in [3.63, 3.8) is 0 Å². The molecule has 0 bridgehead atoms. The van der Waals surface area contributed by atoms with Crippen LogP contribution < -0.4 is 11.1 Å². The van der Waals surface area contributed by atoms with Crippen molar-refractivity contribution in [1.82, 2.24) is 15.2 Å². The van der Waals surface area contributed by atoms with Crippen LogP contribution in [0, 0.1) is 17.5 Å². The number of benzene rings is 1. The number of anilines is 2. The highest BCUT2D eigenvalue weighted by Crippen LogP contribution is 2.30. The Bertz CT molecular complexity index is 897. The van der Waals surface area contributed by atoms with E-state index < -0.39 is 23.4 Å². The van der Waals surface area contributed by atoms with Crippen LogP contribution in [0.2, 0.25) is 0 Å². The Hall–Kier alpha value is -1.92. The predicted molar refractivity (Wildman–Crippen MR) is 83.2 cm³/mol. The van der Waals surface area contributed by atoms with E-state index in [9.17, 15) is 18.0 Å². The fourth-order valence-corrected chi connectivity index (χ4v) is 3.93. The molecule has 2 aromatic heterocycles. The SMILES string of the molecule is Nc1nnc(SCC(=O)Nc2nc3c(F)c(F)c(F)cc3s2)s1. The normalized spacial score (nSPS) is 11.1. The molecule has 0 radical (unpaired) electrons. The first-order valence-corrected chi connectivity index (χ1v) is 8.51. The molecule has 2 heterocycles. The highest BCUT2D eigenvalue weighted by atomic mass is 32.2. The van der Waals surface area contributed by atoms with E-state index in [-0.39, 0.29) is 21.1 Å². The van der Waals surface area contributed by atoms with Gasteiger partial charge in [-0.25, -0.2) is 18.2 Å². The maximum Gasteiger partial charge on any atom is 0.236 e. The fourth-order valence-electron chi connectivity index (χ4n) is 1.59. The number of carbonyl (C=O) groups excluding carboxylic acids is 1. The number of amides is 1. The number of thioether (sulfide) groups is 1. The molecule has 3 aromatic rings. The topological polar surface area (TPSA) is 93.8 Å². The van der Waals surface area contributed by atoms with Gasteiger partial charge in [0.25, 0.3) is 0 Å². The molecule has 1 aromatic carbocycles. The van der Waals surface area contributed by atoms with Gasteiger partial charge in [-0.3, -0.25) is 4.79 Å². The maximum absolute atomic E-state index is 13.6. The number of nitrogens with zero attached hydrogens (tertiary/aromatic N) is 3. The van der Waals surface area contributed by atoms with Crippen LogP contribution in [0.4, 0.5) is 23.4 Å². The first kappa shape index (κ1) is 16.0. The van der Waals surface area contributed by atoms with Gasteiger partial charge in [0.15, 0.2) is 26.9 Å². The number of aromatic nitrogens is 3. The number of rotatable bonds is 4. The number of thiazole rings is 1. The van der Waals surface area contributed by atoms with Crippen LogP contribution in [0.1, 0.15) is 0 Å². The molecule has 120 valence electrons. The number of nitrogen functional groups attached to an aromatic ring is 1. The number of hydrogen-bond acceptors (Lipinski definition) is 8. The van der Waals surface area contributed by atoms with E-state index >= 15 is 0 Å². The molecule has 6 nitrogen and oxygen atoms in total. The van der Waals surface area contributed by atoms with Gasteiger partial charge < -0.3 is 11.1 Å². The second-order valence-corrected chi connectivity index (χ2v) is 7.36. The summed E-state index contributed by atoms with van der Waals surface area (Å²) < 4.78 is 40.5. The molecule has 1 amide bonds. The number of fused-ring (bicyclic) bond motifs is 1. The van der Waals surface area contributed by atoms with Crippen LogP contribution in [0.5, 0.6) is 0 Å². The number of nitrogens with two attached hydrogens (primary N) is 1. The second-order valence-electron chi connectivity index (χ2n) is 4.10. The summed E-state index contributed by atoms with van der Waals surface area (Å²) in [5.41, 5.74) is 5.09. The van der Waals surface area contributed by atoms with Crippen molar-refractivity contribution in [1.29, 1.82) is 0 Å². The highest BCUT2D eigenvalue weighted by Gasteiger charge is 2.18. The minimum atomic E-state index is -1.59. The van der Waals surface area contributed by atoms with Gasteiger partial charge in [0.1, 0.15) is 5.52 Å². The fraction of sp³-hybridized carbons (Fsp3) is 0.0909. The lowest BCUT2D eigenvalue weighted by Crippen LogP contribution is -2.13. The highest BCUT2D eigenvalue weighted by molar-refractivity contribution is 8.01. The average Bonchev–Trinajstić information content (AvgIpc) is 3.09. The molecule has 0 fully saturated rings. The summed E-state index contributed by atoms with van der Waals surface area (Å²) in [6.45, 7) is 0. The Balaban J connectivity index is 1.71. The largest absolute Gasteiger partial charge is 0.374 e. The van der Waals surface area contributed by atoms with Crippen molar-refractivity contribution in [3.8, 4) is 0 Å².